The number of nitrogens with two attached hydrogens (primary N) is 1. The number of benzene rings is 2. The Hall–Kier alpha value is -1.38. The summed E-state index contributed by atoms with van der Waals surface area (Å²) in [6.45, 7) is 0.853. The summed E-state index contributed by atoms with van der Waals surface area (Å²) in [5.74, 6) is 0. The predicted octanol–water partition coefficient (Wildman–Crippen LogP) is 3.41. The molecule has 2 aromatic carbocycles. The summed E-state index contributed by atoms with van der Waals surface area (Å²) in [6, 6.07) is 14.8. The van der Waals surface area contributed by atoms with E-state index in [0.29, 0.717) is 0 Å². The second-order valence-corrected chi connectivity index (χ2v) is 5.04. The van der Waals surface area contributed by atoms with E-state index in [1.54, 1.807) is 0 Å². The molecule has 0 radical (unpaired) electrons. The van der Waals surface area contributed by atoms with Crippen molar-refractivity contribution in [2.75, 3.05) is 6.61 Å². The molecule has 1 aliphatic heterocycles. The van der Waals surface area contributed by atoms with E-state index in [4.69, 9.17) is 10.5 Å². The molecule has 0 aliphatic carbocycles. The Labute approximate surface area is 108 Å². The molecule has 2 nitrogen and oxygen atoms in total. The first-order valence-electron chi connectivity index (χ1n) is 6.70. The third-order valence-electron chi connectivity index (χ3n) is 3.77. The van der Waals surface area contributed by atoms with E-state index in [-0.39, 0.29) is 12.1 Å². The molecule has 1 saturated heterocycles. The Bertz CT molecular complexity index is 531. The lowest BCUT2D eigenvalue weighted by molar-refractivity contribution is 0.0000375. The molecule has 1 heterocycles. The zero-order valence-corrected chi connectivity index (χ0v) is 10.5. The minimum atomic E-state index is -0.00472. The maximum Gasteiger partial charge on any atom is 0.0767 e. The normalized spacial score (nSPS) is 21.9. The van der Waals surface area contributed by atoms with E-state index in [2.05, 4.69) is 42.5 Å². The van der Waals surface area contributed by atoms with Gasteiger partial charge in [0.1, 0.15) is 0 Å². The summed E-state index contributed by atoms with van der Waals surface area (Å²) in [7, 11) is 0. The lowest BCUT2D eigenvalue weighted by Crippen LogP contribution is -2.31. The summed E-state index contributed by atoms with van der Waals surface area (Å²) >= 11 is 0. The zero-order chi connectivity index (χ0) is 12.4. The summed E-state index contributed by atoms with van der Waals surface area (Å²) in [6.07, 6.45) is 3.65. The standard InChI is InChI=1S/C16H19NO/c17-16(15-7-3-4-10-18-15)14-9-8-12-5-1-2-6-13(12)11-14/h1-2,5-6,8-9,11,15-16H,3-4,7,10,17H2. The Kier molecular flexibility index (Phi) is 3.31. The average Bonchev–Trinajstić information content (AvgIpc) is 2.47. The van der Waals surface area contributed by atoms with Gasteiger partial charge in [0.25, 0.3) is 0 Å². The summed E-state index contributed by atoms with van der Waals surface area (Å²) in [5.41, 5.74) is 7.52. The lowest BCUT2D eigenvalue weighted by Gasteiger charge is -2.28. The molecular formula is C16H19NO. The third-order valence-corrected chi connectivity index (χ3v) is 3.77. The second kappa shape index (κ2) is 5.09. The van der Waals surface area contributed by atoms with Crippen LogP contribution in [0, 0.1) is 0 Å². The number of hydrogen-bond donors (Lipinski definition) is 1. The maximum absolute atomic E-state index is 6.34. The van der Waals surface area contributed by atoms with Gasteiger partial charge in [-0.1, -0.05) is 36.4 Å². The minimum Gasteiger partial charge on any atom is -0.376 e. The molecule has 0 amide bonds. The van der Waals surface area contributed by atoms with Gasteiger partial charge < -0.3 is 10.5 Å². The molecule has 18 heavy (non-hydrogen) atoms. The van der Waals surface area contributed by atoms with E-state index in [1.165, 1.54) is 29.2 Å². The van der Waals surface area contributed by atoms with Crippen molar-refractivity contribution in [2.24, 2.45) is 5.73 Å². The van der Waals surface area contributed by atoms with Crippen LogP contribution in [-0.2, 0) is 4.74 Å². The number of fused-ring (bicyclic) bond motifs is 1. The molecular weight excluding hydrogens is 222 g/mol. The van der Waals surface area contributed by atoms with Crippen LogP contribution >= 0.6 is 0 Å². The van der Waals surface area contributed by atoms with Crippen molar-refractivity contribution in [3.05, 3.63) is 48.0 Å². The molecule has 2 atom stereocenters. The Balaban J connectivity index is 1.88. The van der Waals surface area contributed by atoms with Gasteiger partial charge in [0.2, 0.25) is 0 Å². The summed E-state index contributed by atoms with van der Waals surface area (Å²) in [5, 5.41) is 2.51. The van der Waals surface area contributed by atoms with Crippen molar-refractivity contribution in [3.63, 3.8) is 0 Å². The molecule has 0 spiro atoms. The molecule has 0 saturated carbocycles. The number of rotatable bonds is 2. The molecule has 2 unspecified atom stereocenters. The molecule has 0 aromatic heterocycles. The average molecular weight is 241 g/mol. The van der Waals surface area contributed by atoms with Gasteiger partial charge in [0.05, 0.1) is 12.1 Å². The molecule has 1 aliphatic rings. The van der Waals surface area contributed by atoms with E-state index >= 15 is 0 Å². The highest BCUT2D eigenvalue weighted by atomic mass is 16.5. The van der Waals surface area contributed by atoms with Gasteiger partial charge >= 0.3 is 0 Å². The van der Waals surface area contributed by atoms with E-state index in [0.717, 1.165) is 13.0 Å². The van der Waals surface area contributed by atoms with Crippen LogP contribution in [0.4, 0.5) is 0 Å². The van der Waals surface area contributed by atoms with E-state index in [9.17, 15) is 0 Å². The van der Waals surface area contributed by atoms with Crippen LogP contribution < -0.4 is 5.73 Å². The van der Waals surface area contributed by atoms with Crippen LogP contribution in [-0.4, -0.2) is 12.7 Å². The first-order valence-corrected chi connectivity index (χ1v) is 6.70. The van der Waals surface area contributed by atoms with Crippen LogP contribution in [0.2, 0.25) is 0 Å². The summed E-state index contributed by atoms with van der Waals surface area (Å²) in [4.78, 5) is 0. The van der Waals surface area contributed by atoms with Crippen LogP contribution in [0.1, 0.15) is 30.9 Å². The van der Waals surface area contributed by atoms with Crippen LogP contribution in [0.3, 0.4) is 0 Å². The van der Waals surface area contributed by atoms with Crippen molar-refractivity contribution < 1.29 is 4.74 Å². The summed E-state index contributed by atoms with van der Waals surface area (Å²) < 4.78 is 5.78. The first-order chi connectivity index (χ1) is 8.84. The van der Waals surface area contributed by atoms with Gasteiger partial charge in [-0.3, -0.25) is 0 Å². The third kappa shape index (κ3) is 2.26. The topological polar surface area (TPSA) is 35.2 Å². The monoisotopic (exact) mass is 241 g/mol. The lowest BCUT2D eigenvalue weighted by atomic mass is 9.95. The van der Waals surface area contributed by atoms with Crippen LogP contribution in [0.15, 0.2) is 42.5 Å². The van der Waals surface area contributed by atoms with Gasteiger partial charge in [-0.05, 0) is 41.7 Å². The van der Waals surface area contributed by atoms with E-state index in [1.807, 2.05) is 0 Å². The SMILES string of the molecule is NC(c1ccc2ccccc2c1)C1CCCCO1. The molecule has 2 heteroatoms. The quantitative estimate of drug-likeness (QED) is 0.874. The predicted molar refractivity (Wildman–Crippen MR) is 74.5 cm³/mol. The smallest absolute Gasteiger partial charge is 0.0767 e. The van der Waals surface area contributed by atoms with Gasteiger partial charge in [0, 0.05) is 6.61 Å². The van der Waals surface area contributed by atoms with Crippen LogP contribution in [0.5, 0.6) is 0 Å². The molecule has 94 valence electrons. The van der Waals surface area contributed by atoms with E-state index < -0.39 is 0 Å². The van der Waals surface area contributed by atoms with Gasteiger partial charge in [-0.2, -0.15) is 0 Å². The maximum atomic E-state index is 6.34. The van der Waals surface area contributed by atoms with Crippen LogP contribution in [0.25, 0.3) is 10.8 Å². The fraction of sp³-hybridized carbons (Fsp3) is 0.375. The Morgan fingerprint density at radius 2 is 1.89 bits per heavy atom. The Morgan fingerprint density at radius 1 is 1.06 bits per heavy atom. The highest BCUT2D eigenvalue weighted by molar-refractivity contribution is 5.83. The highest BCUT2D eigenvalue weighted by Crippen LogP contribution is 2.26. The molecule has 0 bridgehead atoms. The largest absolute Gasteiger partial charge is 0.376 e. The van der Waals surface area contributed by atoms with Crippen molar-refractivity contribution in [2.45, 2.75) is 31.4 Å². The van der Waals surface area contributed by atoms with Gasteiger partial charge in [0.15, 0.2) is 0 Å². The number of ether oxygens (including phenoxy) is 1. The van der Waals surface area contributed by atoms with Crippen molar-refractivity contribution in [1.29, 1.82) is 0 Å². The molecule has 1 fully saturated rings. The Morgan fingerprint density at radius 3 is 2.67 bits per heavy atom. The van der Waals surface area contributed by atoms with Crippen molar-refractivity contribution in [1.82, 2.24) is 0 Å². The fourth-order valence-corrected chi connectivity index (χ4v) is 2.68. The van der Waals surface area contributed by atoms with Gasteiger partial charge in [-0.15, -0.1) is 0 Å². The zero-order valence-electron chi connectivity index (χ0n) is 10.5. The molecule has 3 rings (SSSR count). The molecule has 2 aromatic rings. The molecule has 2 N–H and O–H groups in total. The second-order valence-electron chi connectivity index (χ2n) is 5.04. The van der Waals surface area contributed by atoms with Crippen molar-refractivity contribution in [3.8, 4) is 0 Å². The minimum absolute atomic E-state index is 0.00472. The number of hydrogen-bond acceptors (Lipinski definition) is 2. The highest BCUT2D eigenvalue weighted by Gasteiger charge is 2.22. The fourth-order valence-electron chi connectivity index (χ4n) is 2.68. The van der Waals surface area contributed by atoms with Crippen molar-refractivity contribution >= 4 is 10.8 Å². The van der Waals surface area contributed by atoms with Gasteiger partial charge in [-0.25, -0.2) is 0 Å². The first kappa shape index (κ1) is 11.7.